The third-order valence-electron chi connectivity index (χ3n) is 2.71. The van der Waals surface area contributed by atoms with Gasteiger partial charge in [0.05, 0.1) is 24.5 Å². The van der Waals surface area contributed by atoms with Crippen LogP contribution >= 0.6 is 11.6 Å². The van der Waals surface area contributed by atoms with Gasteiger partial charge in [-0.1, -0.05) is 11.6 Å². The van der Waals surface area contributed by atoms with Crippen LogP contribution < -0.4 is 5.32 Å². The molecule has 0 aliphatic carbocycles. The second-order valence-corrected chi connectivity index (χ2v) is 4.78. The maximum atomic E-state index is 11.9. The molecule has 0 radical (unpaired) electrons. The first-order valence-electron chi connectivity index (χ1n) is 5.47. The summed E-state index contributed by atoms with van der Waals surface area (Å²) in [7, 11) is 0. The minimum absolute atomic E-state index is 0.248. The molecule has 1 N–H and O–H groups in total. The van der Waals surface area contributed by atoms with E-state index in [2.05, 4.69) is 15.3 Å². The summed E-state index contributed by atoms with van der Waals surface area (Å²) in [5, 5.41) is 3.19. The number of nitrogens with zero attached hydrogens (tertiary/aromatic N) is 2. The van der Waals surface area contributed by atoms with Crippen molar-refractivity contribution in [2.24, 2.45) is 0 Å². The lowest BCUT2D eigenvalue weighted by molar-refractivity contribution is 0.0271. The smallest absolute Gasteiger partial charge is 0.271 e. The molecule has 0 saturated carbocycles. The fraction of sp³-hybridized carbons (Fsp3) is 0.545. The highest BCUT2D eigenvalue weighted by Gasteiger charge is 2.29. The SMILES string of the molecule is CC1(NC(=O)c2cnc(Cl)cn2)CCCOC1. The molecule has 1 saturated heterocycles. The summed E-state index contributed by atoms with van der Waals surface area (Å²) in [4.78, 5) is 19.7. The molecule has 0 spiro atoms. The molecular weight excluding hydrogens is 242 g/mol. The Morgan fingerprint density at radius 3 is 2.94 bits per heavy atom. The molecule has 5 nitrogen and oxygen atoms in total. The van der Waals surface area contributed by atoms with Crippen molar-refractivity contribution in [3.8, 4) is 0 Å². The highest BCUT2D eigenvalue weighted by molar-refractivity contribution is 6.29. The zero-order chi connectivity index (χ0) is 12.3. The molecule has 1 aliphatic heterocycles. The zero-order valence-electron chi connectivity index (χ0n) is 9.57. The molecule has 2 heterocycles. The summed E-state index contributed by atoms with van der Waals surface area (Å²) in [5.74, 6) is -0.248. The van der Waals surface area contributed by atoms with Gasteiger partial charge in [0.2, 0.25) is 0 Å². The quantitative estimate of drug-likeness (QED) is 0.868. The molecule has 0 aromatic carbocycles. The van der Waals surface area contributed by atoms with Crippen LogP contribution in [0.3, 0.4) is 0 Å². The Morgan fingerprint density at radius 2 is 2.35 bits per heavy atom. The van der Waals surface area contributed by atoms with Crippen molar-refractivity contribution in [3.63, 3.8) is 0 Å². The number of halogens is 1. The second-order valence-electron chi connectivity index (χ2n) is 4.40. The lowest BCUT2D eigenvalue weighted by Crippen LogP contribution is -2.51. The van der Waals surface area contributed by atoms with E-state index in [0.29, 0.717) is 6.61 Å². The van der Waals surface area contributed by atoms with E-state index < -0.39 is 0 Å². The number of hydrogen-bond donors (Lipinski definition) is 1. The average Bonchev–Trinajstić information content (AvgIpc) is 2.30. The van der Waals surface area contributed by atoms with Crippen LogP contribution in [0.15, 0.2) is 12.4 Å². The number of ether oxygens (including phenoxy) is 1. The summed E-state index contributed by atoms with van der Waals surface area (Å²) in [5.41, 5.74) is -0.0578. The van der Waals surface area contributed by atoms with Crippen LogP contribution in [0.1, 0.15) is 30.3 Å². The molecule has 2 rings (SSSR count). The van der Waals surface area contributed by atoms with Gasteiger partial charge in [-0.15, -0.1) is 0 Å². The van der Waals surface area contributed by atoms with Crippen LogP contribution in [0.2, 0.25) is 5.15 Å². The summed E-state index contributed by atoms with van der Waals surface area (Å²) >= 11 is 5.61. The predicted octanol–water partition coefficient (Wildman–Crippen LogP) is 1.43. The van der Waals surface area contributed by atoms with Crippen LogP contribution in [-0.4, -0.2) is 34.6 Å². The largest absolute Gasteiger partial charge is 0.379 e. The Morgan fingerprint density at radius 1 is 1.53 bits per heavy atom. The van der Waals surface area contributed by atoms with E-state index in [-0.39, 0.29) is 22.3 Å². The highest BCUT2D eigenvalue weighted by atomic mass is 35.5. The maximum absolute atomic E-state index is 11.9. The average molecular weight is 256 g/mol. The molecule has 17 heavy (non-hydrogen) atoms. The molecule has 1 fully saturated rings. The van der Waals surface area contributed by atoms with Gasteiger partial charge in [-0.3, -0.25) is 4.79 Å². The fourth-order valence-corrected chi connectivity index (χ4v) is 1.90. The first-order valence-corrected chi connectivity index (χ1v) is 5.85. The van der Waals surface area contributed by atoms with Crippen molar-refractivity contribution < 1.29 is 9.53 Å². The topological polar surface area (TPSA) is 64.1 Å². The van der Waals surface area contributed by atoms with E-state index >= 15 is 0 Å². The van der Waals surface area contributed by atoms with Crippen molar-refractivity contribution in [2.75, 3.05) is 13.2 Å². The fourth-order valence-electron chi connectivity index (χ4n) is 1.80. The van der Waals surface area contributed by atoms with Gasteiger partial charge < -0.3 is 10.1 Å². The van der Waals surface area contributed by atoms with Gasteiger partial charge in [0.15, 0.2) is 0 Å². The molecule has 1 aromatic rings. The Kier molecular flexibility index (Phi) is 3.59. The molecule has 6 heteroatoms. The van der Waals surface area contributed by atoms with Gasteiger partial charge in [-0.2, -0.15) is 0 Å². The minimum atomic E-state index is -0.323. The number of hydrogen-bond acceptors (Lipinski definition) is 4. The monoisotopic (exact) mass is 255 g/mol. The van der Waals surface area contributed by atoms with Gasteiger partial charge >= 0.3 is 0 Å². The molecule has 1 unspecified atom stereocenters. The summed E-state index contributed by atoms with van der Waals surface area (Å²) in [6.07, 6.45) is 4.57. The minimum Gasteiger partial charge on any atom is -0.379 e. The third kappa shape index (κ3) is 3.14. The van der Waals surface area contributed by atoms with Gasteiger partial charge in [0, 0.05) is 6.61 Å². The van der Waals surface area contributed by atoms with Gasteiger partial charge in [-0.05, 0) is 19.8 Å². The van der Waals surface area contributed by atoms with Crippen LogP contribution in [-0.2, 0) is 4.74 Å². The van der Waals surface area contributed by atoms with E-state index in [9.17, 15) is 4.79 Å². The van der Waals surface area contributed by atoms with E-state index in [1.54, 1.807) is 0 Å². The van der Waals surface area contributed by atoms with Gasteiger partial charge in [0.25, 0.3) is 5.91 Å². The standard InChI is InChI=1S/C11H14ClN3O2/c1-11(3-2-4-17-7-11)15-10(16)8-5-14-9(12)6-13-8/h5-6H,2-4,7H2,1H3,(H,15,16). The Hall–Kier alpha value is -1.20. The Labute approximate surface area is 105 Å². The first-order chi connectivity index (χ1) is 8.09. The molecular formula is C11H14ClN3O2. The van der Waals surface area contributed by atoms with E-state index in [1.165, 1.54) is 12.4 Å². The second kappa shape index (κ2) is 4.98. The molecule has 0 bridgehead atoms. The first kappa shape index (κ1) is 12.3. The van der Waals surface area contributed by atoms with Crippen molar-refractivity contribution in [3.05, 3.63) is 23.2 Å². The summed E-state index contributed by atoms with van der Waals surface area (Å²) in [6.45, 7) is 3.25. The van der Waals surface area contributed by atoms with Crippen molar-refractivity contribution >= 4 is 17.5 Å². The lowest BCUT2D eigenvalue weighted by atomic mass is 9.95. The van der Waals surface area contributed by atoms with E-state index in [4.69, 9.17) is 16.3 Å². The van der Waals surface area contributed by atoms with Crippen molar-refractivity contribution in [1.29, 1.82) is 0 Å². The molecule has 1 aliphatic rings. The Balaban J connectivity index is 2.03. The normalized spacial score (nSPS) is 24.4. The number of aromatic nitrogens is 2. The predicted molar refractivity (Wildman–Crippen MR) is 63.0 cm³/mol. The summed E-state index contributed by atoms with van der Waals surface area (Å²) in [6, 6.07) is 0. The number of carbonyl (C=O) groups is 1. The number of nitrogens with one attached hydrogen (secondary N) is 1. The van der Waals surface area contributed by atoms with Gasteiger partial charge in [-0.25, -0.2) is 9.97 Å². The van der Waals surface area contributed by atoms with Crippen LogP contribution in [0.4, 0.5) is 0 Å². The molecule has 1 atom stereocenters. The summed E-state index contributed by atoms with van der Waals surface area (Å²) < 4.78 is 5.37. The number of carbonyl (C=O) groups excluding carboxylic acids is 1. The van der Waals surface area contributed by atoms with Gasteiger partial charge in [0.1, 0.15) is 10.8 Å². The van der Waals surface area contributed by atoms with Crippen LogP contribution in [0.25, 0.3) is 0 Å². The Bertz CT molecular complexity index is 402. The molecule has 92 valence electrons. The highest BCUT2D eigenvalue weighted by Crippen LogP contribution is 2.18. The van der Waals surface area contributed by atoms with Crippen molar-refractivity contribution in [1.82, 2.24) is 15.3 Å². The number of amides is 1. The third-order valence-corrected chi connectivity index (χ3v) is 2.90. The maximum Gasteiger partial charge on any atom is 0.271 e. The van der Waals surface area contributed by atoms with E-state index in [0.717, 1.165) is 19.4 Å². The zero-order valence-corrected chi connectivity index (χ0v) is 10.3. The molecule has 1 aromatic heterocycles. The number of rotatable bonds is 2. The van der Waals surface area contributed by atoms with Crippen molar-refractivity contribution in [2.45, 2.75) is 25.3 Å². The van der Waals surface area contributed by atoms with E-state index in [1.807, 2.05) is 6.92 Å². The lowest BCUT2D eigenvalue weighted by Gasteiger charge is -2.34. The molecule has 1 amide bonds. The van der Waals surface area contributed by atoms with Crippen LogP contribution in [0.5, 0.6) is 0 Å². The van der Waals surface area contributed by atoms with Crippen LogP contribution in [0, 0.1) is 0 Å².